The van der Waals surface area contributed by atoms with Gasteiger partial charge in [-0.3, -0.25) is 9.69 Å². The SMILES string of the molecule is O=C(N/N=C/c1cc(Cl)cc(Cl)c1O)C1CCN(Cc2ccc(Cl)cc2)CC1. The van der Waals surface area contributed by atoms with Crippen molar-refractivity contribution in [3.8, 4) is 5.75 Å². The summed E-state index contributed by atoms with van der Waals surface area (Å²) >= 11 is 17.7. The maximum absolute atomic E-state index is 12.3. The van der Waals surface area contributed by atoms with Crippen molar-refractivity contribution in [3.63, 3.8) is 0 Å². The number of halogens is 3. The van der Waals surface area contributed by atoms with Gasteiger partial charge in [0.05, 0.1) is 11.2 Å². The van der Waals surface area contributed by atoms with Gasteiger partial charge in [-0.15, -0.1) is 0 Å². The van der Waals surface area contributed by atoms with Gasteiger partial charge < -0.3 is 5.11 Å². The van der Waals surface area contributed by atoms with Gasteiger partial charge in [-0.05, 0) is 55.8 Å². The average Bonchev–Trinajstić information content (AvgIpc) is 2.68. The van der Waals surface area contributed by atoms with Crippen LogP contribution in [-0.4, -0.2) is 35.2 Å². The molecule has 148 valence electrons. The molecule has 1 amide bonds. The molecule has 0 saturated carbocycles. The monoisotopic (exact) mass is 439 g/mol. The number of carbonyl (C=O) groups is 1. The maximum atomic E-state index is 12.3. The second-order valence-corrected chi connectivity index (χ2v) is 8.02. The van der Waals surface area contributed by atoms with Crippen molar-refractivity contribution in [2.24, 2.45) is 11.0 Å². The lowest BCUT2D eigenvalue weighted by Gasteiger charge is -2.30. The van der Waals surface area contributed by atoms with Crippen LogP contribution in [0.3, 0.4) is 0 Å². The van der Waals surface area contributed by atoms with Crippen molar-refractivity contribution in [1.82, 2.24) is 10.3 Å². The molecule has 1 saturated heterocycles. The molecule has 1 aliphatic rings. The topological polar surface area (TPSA) is 64.9 Å². The number of nitrogens with zero attached hydrogens (tertiary/aromatic N) is 2. The molecule has 0 atom stereocenters. The van der Waals surface area contributed by atoms with E-state index in [2.05, 4.69) is 15.4 Å². The van der Waals surface area contributed by atoms with E-state index in [1.807, 2.05) is 24.3 Å². The van der Waals surface area contributed by atoms with E-state index in [1.54, 1.807) is 0 Å². The third-order valence-electron chi connectivity index (χ3n) is 4.71. The number of likely N-dealkylation sites (tertiary alicyclic amines) is 1. The van der Waals surface area contributed by atoms with E-state index in [-0.39, 0.29) is 22.6 Å². The molecular weight excluding hydrogens is 421 g/mol. The number of benzene rings is 2. The van der Waals surface area contributed by atoms with Crippen LogP contribution in [0, 0.1) is 5.92 Å². The Bertz CT molecular complexity index is 864. The summed E-state index contributed by atoms with van der Waals surface area (Å²) in [5.74, 6) is -0.343. The van der Waals surface area contributed by atoms with E-state index in [4.69, 9.17) is 34.8 Å². The molecule has 8 heteroatoms. The molecule has 0 unspecified atom stereocenters. The molecule has 0 bridgehead atoms. The molecule has 0 aliphatic carbocycles. The van der Waals surface area contributed by atoms with Crippen LogP contribution >= 0.6 is 34.8 Å². The van der Waals surface area contributed by atoms with Gasteiger partial charge in [0.15, 0.2) is 0 Å². The molecular formula is C20H20Cl3N3O2. The number of carbonyl (C=O) groups excluding carboxylic acids is 1. The predicted molar refractivity (Wildman–Crippen MR) is 113 cm³/mol. The first-order valence-electron chi connectivity index (χ1n) is 8.90. The van der Waals surface area contributed by atoms with Crippen LogP contribution < -0.4 is 5.43 Å². The fraction of sp³-hybridized carbons (Fsp3) is 0.300. The van der Waals surface area contributed by atoms with Crippen molar-refractivity contribution in [1.29, 1.82) is 0 Å². The highest BCUT2D eigenvalue weighted by molar-refractivity contribution is 6.36. The Balaban J connectivity index is 1.48. The lowest BCUT2D eigenvalue weighted by atomic mass is 9.96. The molecule has 0 spiro atoms. The number of nitrogens with one attached hydrogen (secondary N) is 1. The first kappa shape index (κ1) is 20.9. The number of aromatic hydroxyl groups is 1. The Morgan fingerprint density at radius 3 is 2.50 bits per heavy atom. The van der Waals surface area contributed by atoms with Gasteiger partial charge in [0.1, 0.15) is 5.75 Å². The van der Waals surface area contributed by atoms with E-state index in [0.717, 1.165) is 37.5 Å². The van der Waals surface area contributed by atoms with E-state index in [1.165, 1.54) is 23.9 Å². The first-order chi connectivity index (χ1) is 13.4. The number of phenolic OH excluding ortho intramolecular Hbond substituents is 1. The summed E-state index contributed by atoms with van der Waals surface area (Å²) in [4.78, 5) is 14.7. The van der Waals surface area contributed by atoms with Crippen LogP contribution in [0.5, 0.6) is 5.75 Å². The van der Waals surface area contributed by atoms with Gasteiger partial charge in [-0.25, -0.2) is 5.43 Å². The summed E-state index contributed by atoms with van der Waals surface area (Å²) in [7, 11) is 0. The molecule has 1 heterocycles. The number of rotatable bonds is 5. The van der Waals surface area contributed by atoms with Crippen molar-refractivity contribution in [3.05, 3.63) is 62.6 Å². The summed E-state index contributed by atoms with van der Waals surface area (Å²) in [6, 6.07) is 10.8. The molecule has 3 rings (SSSR count). The standard InChI is InChI=1S/C20H20Cl3N3O2/c21-16-3-1-13(2-4-16)12-26-7-5-14(6-8-26)20(28)25-24-11-15-9-17(22)10-18(23)19(15)27/h1-4,9-11,14,27H,5-8,12H2,(H,25,28)/b24-11+. The average molecular weight is 441 g/mol. The largest absolute Gasteiger partial charge is 0.506 e. The summed E-state index contributed by atoms with van der Waals surface area (Å²) < 4.78 is 0. The first-order valence-corrected chi connectivity index (χ1v) is 10.0. The highest BCUT2D eigenvalue weighted by Crippen LogP contribution is 2.30. The van der Waals surface area contributed by atoms with Crippen molar-refractivity contribution < 1.29 is 9.90 Å². The Morgan fingerprint density at radius 1 is 1.14 bits per heavy atom. The zero-order valence-corrected chi connectivity index (χ0v) is 17.3. The maximum Gasteiger partial charge on any atom is 0.243 e. The van der Waals surface area contributed by atoms with Crippen LogP contribution in [0.15, 0.2) is 41.5 Å². The van der Waals surface area contributed by atoms with E-state index in [9.17, 15) is 9.90 Å². The lowest BCUT2D eigenvalue weighted by Crippen LogP contribution is -2.39. The zero-order valence-electron chi connectivity index (χ0n) is 15.0. The second kappa shape index (κ2) is 9.61. The minimum atomic E-state index is -0.130. The number of phenols is 1. The third kappa shape index (κ3) is 5.61. The smallest absolute Gasteiger partial charge is 0.243 e. The van der Waals surface area contributed by atoms with Gasteiger partial charge in [0.25, 0.3) is 0 Å². The molecule has 2 aromatic carbocycles. The third-order valence-corrected chi connectivity index (χ3v) is 5.47. The molecule has 1 aliphatic heterocycles. The summed E-state index contributed by atoms with van der Waals surface area (Å²) in [6.07, 6.45) is 2.87. The number of hydrazone groups is 1. The quantitative estimate of drug-likeness (QED) is 0.522. The molecule has 0 aromatic heterocycles. The fourth-order valence-corrected chi connectivity index (χ4v) is 3.78. The Hall–Kier alpha value is -1.79. The van der Waals surface area contributed by atoms with E-state index in [0.29, 0.717) is 10.6 Å². The number of hydrogen-bond acceptors (Lipinski definition) is 4. The molecule has 1 fully saturated rings. The van der Waals surface area contributed by atoms with Gasteiger partial charge >= 0.3 is 0 Å². The van der Waals surface area contributed by atoms with Gasteiger partial charge in [-0.1, -0.05) is 46.9 Å². The molecule has 2 N–H and O–H groups in total. The van der Waals surface area contributed by atoms with Crippen molar-refractivity contribution in [2.75, 3.05) is 13.1 Å². The molecule has 28 heavy (non-hydrogen) atoms. The second-order valence-electron chi connectivity index (χ2n) is 6.74. The lowest BCUT2D eigenvalue weighted by molar-refractivity contribution is -0.126. The van der Waals surface area contributed by atoms with Crippen LogP contribution in [0.2, 0.25) is 15.1 Å². The Kier molecular flexibility index (Phi) is 7.18. The number of amides is 1. The van der Waals surface area contributed by atoms with E-state index >= 15 is 0 Å². The zero-order chi connectivity index (χ0) is 20.1. The highest BCUT2D eigenvalue weighted by Gasteiger charge is 2.24. The van der Waals surface area contributed by atoms with Crippen molar-refractivity contribution >= 4 is 46.9 Å². The molecule has 0 radical (unpaired) electrons. The van der Waals surface area contributed by atoms with Crippen LogP contribution in [-0.2, 0) is 11.3 Å². The summed E-state index contributed by atoms with van der Waals surface area (Å²) in [5.41, 5.74) is 4.09. The van der Waals surface area contributed by atoms with E-state index < -0.39 is 0 Å². The number of hydrogen-bond donors (Lipinski definition) is 2. The van der Waals surface area contributed by atoms with Gasteiger partial charge in [-0.2, -0.15) is 5.10 Å². The van der Waals surface area contributed by atoms with Crippen LogP contribution in [0.25, 0.3) is 0 Å². The number of piperidine rings is 1. The minimum Gasteiger partial charge on any atom is -0.506 e. The highest BCUT2D eigenvalue weighted by atomic mass is 35.5. The summed E-state index contributed by atoms with van der Waals surface area (Å²) in [6.45, 7) is 2.53. The Labute approximate surface area is 178 Å². The Morgan fingerprint density at radius 2 is 1.82 bits per heavy atom. The molecule has 5 nitrogen and oxygen atoms in total. The fourth-order valence-electron chi connectivity index (χ4n) is 3.14. The normalized spacial score (nSPS) is 15.8. The summed E-state index contributed by atoms with van der Waals surface area (Å²) in [5, 5.41) is 15.1. The predicted octanol–water partition coefficient (Wildman–Crippen LogP) is 4.71. The van der Waals surface area contributed by atoms with Crippen molar-refractivity contribution in [2.45, 2.75) is 19.4 Å². The van der Waals surface area contributed by atoms with Gasteiger partial charge in [0, 0.05) is 28.1 Å². The van der Waals surface area contributed by atoms with Gasteiger partial charge in [0.2, 0.25) is 5.91 Å². The van der Waals surface area contributed by atoms with Crippen LogP contribution in [0.1, 0.15) is 24.0 Å². The molecule has 2 aromatic rings. The van der Waals surface area contributed by atoms with Crippen LogP contribution in [0.4, 0.5) is 0 Å². The minimum absolute atomic E-state index is 0.0878.